The molecule has 0 radical (unpaired) electrons. The lowest BCUT2D eigenvalue weighted by atomic mass is 9.95. The SMILES string of the molecule is C=C(CO)C1=CCOC1CC/C(=C/c1ccc(O)cc1)c1ccccn1. The standard InChI is InChI=1S/C22H23NO3/c1-16(15-24)20-11-13-26-22(20)10-7-18(21-4-2-3-12-23-21)14-17-5-8-19(25)9-6-17/h2-6,8-9,11-12,14,22,24-25H,1,7,10,13,15H2/b18-14-. The molecule has 0 amide bonds. The zero-order valence-corrected chi connectivity index (χ0v) is 14.6. The van der Waals surface area contributed by atoms with Crippen LogP contribution >= 0.6 is 0 Å². The molecule has 0 aliphatic carbocycles. The smallest absolute Gasteiger partial charge is 0.115 e. The van der Waals surface area contributed by atoms with Gasteiger partial charge in [0.1, 0.15) is 5.75 Å². The van der Waals surface area contributed by atoms with Crippen LogP contribution in [0.1, 0.15) is 24.1 Å². The number of benzene rings is 1. The van der Waals surface area contributed by atoms with Gasteiger partial charge in [-0.1, -0.05) is 30.9 Å². The van der Waals surface area contributed by atoms with Gasteiger partial charge in [0.2, 0.25) is 0 Å². The number of hydrogen-bond acceptors (Lipinski definition) is 4. The third kappa shape index (κ3) is 4.48. The van der Waals surface area contributed by atoms with E-state index in [1.165, 1.54) is 0 Å². The fourth-order valence-corrected chi connectivity index (χ4v) is 3.06. The Morgan fingerprint density at radius 3 is 2.73 bits per heavy atom. The van der Waals surface area contributed by atoms with Crippen molar-refractivity contribution in [3.05, 3.63) is 83.7 Å². The first-order valence-electron chi connectivity index (χ1n) is 8.69. The summed E-state index contributed by atoms with van der Waals surface area (Å²) in [6.45, 7) is 4.42. The van der Waals surface area contributed by atoms with E-state index in [2.05, 4.69) is 17.6 Å². The number of aliphatic hydroxyl groups is 1. The highest BCUT2D eigenvalue weighted by atomic mass is 16.5. The van der Waals surface area contributed by atoms with Gasteiger partial charge in [0, 0.05) is 6.20 Å². The van der Waals surface area contributed by atoms with Gasteiger partial charge in [0.05, 0.1) is 25.0 Å². The van der Waals surface area contributed by atoms with E-state index in [4.69, 9.17) is 4.74 Å². The van der Waals surface area contributed by atoms with Gasteiger partial charge in [-0.2, -0.15) is 0 Å². The molecule has 0 saturated carbocycles. The van der Waals surface area contributed by atoms with Crippen LogP contribution in [0, 0.1) is 0 Å². The van der Waals surface area contributed by atoms with Crippen molar-refractivity contribution in [1.29, 1.82) is 0 Å². The molecule has 4 heteroatoms. The number of aliphatic hydroxyl groups excluding tert-OH is 1. The fraction of sp³-hybridized carbons (Fsp3) is 0.227. The molecule has 3 rings (SSSR count). The van der Waals surface area contributed by atoms with Gasteiger partial charge in [-0.05, 0) is 65.5 Å². The van der Waals surface area contributed by atoms with Crippen molar-refractivity contribution in [2.45, 2.75) is 18.9 Å². The number of aromatic hydroxyl groups is 1. The highest BCUT2D eigenvalue weighted by molar-refractivity contribution is 5.80. The maximum absolute atomic E-state index is 9.47. The highest BCUT2D eigenvalue weighted by Crippen LogP contribution is 2.29. The van der Waals surface area contributed by atoms with Crippen LogP contribution < -0.4 is 0 Å². The van der Waals surface area contributed by atoms with E-state index in [0.717, 1.165) is 40.8 Å². The zero-order chi connectivity index (χ0) is 18.4. The number of nitrogens with zero attached hydrogens (tertiary/aromatic N) is 1. The second kappa shape index (κ2) is 8.61. The van der Waals surface area contributed by atoms with E-state index in [0.29, 0.717) is 6.61 Å². The topological polar surface area (TPSA) is 62.6 Å². The summed E-state index contributed by atoms with van der Waals surface area (Å²) < 4.78 is 5.80. The molecule has 0 saturated heterocycles. The Labute approximate surface area is 153 Å². The Balaban J connectivity index is 1.80. The first-order valence-corrected chi connectivity index (χ1v) is 8.69. The molecule has 26 heavy (non-hydrogen) atoms. The van der Waals surface area contributed by atoms with Gasteiger partial charge in [0.25, 0.3) is 0 Å². The van der Waals surface area contributed by atoms with Crippen molar-refractivity contribution in [2.24, 2.45) is 0 Å². The maximum atomic E-state index is 9.47. The Morgan fingerprint density at radius 2 is 2.04 bits per heavy atom. The maximum Gasteiger partial charge on any atom is 0.115 e. The van der Waals surface area contributed by atoms with Crippen LogP contribution in [-0.4, -0.2) is 34.5 Å². The summed E-state index contributed by atoms with van der Waals surface area (Å²) in [7, 11) is 0. The van der Waals surface area contributed by atoms with Crippen LogP contribution in [0.5, 0.6) is 5.75 Å². The van der Waals surface area contributed by atoms with Crippen LogP contribution in [0.4, 0.5) is 0 Å². The molecule has 1 aliphatic heterocycles. The molecule has 2 heterocycles. The highest BCUT2D eigenvalue weighted by Gasteiger charge is 2.22. The van der Waals surface area contributed by atoms with Gasteiger partial charge in [-0.3, -0.25) is 4.98 Å². The van der Waals surface area contributed by atoms with Crippen molar-refractivity contribution in [3.63, 3.8) is 0 Å². The molecule has 0 bridgehead atoms. The summed E-state index contributed by atoms with van der Waals surface area (Å²) in [6, 6.07) is 13.0. The van der Waals surface area contributed by atoms with Crippen LogP contribution in [-0.2, 0) is 4.74 Å². The molecular formula is C22H23NO3. The lowest BCUT2D eigenvalue weighted by molar-refractivity contribution is 0.116. The number of phenols is 1. The molecule has 1 aliphatic rings. The summed E-state index contributed by atoms with van der Waals surface area (Å²) in [6.07, 6.45) is 7.37. The van der Waals surface area contributed by atoms with E-state index in [1.54, 1.807) is 18.3 Å². The predicted octanol–water partition coefficient (Wildman–Crippen LogP) is 3.98. The summed E-state index contributed by atoms with van der Waals surface area (Å²) in [5.74, 6) is 0.248. The normalized spacial score (nSPS) is 17.2. The number of aromatic nitrogens is 1. The van der Waals surface area contributed by atoms with Gasteiger partial charge >= 0.3 is 0 Å². The molecule has 1 aromatic heterocycles. The first-order chi connectivity index (χ1) is 12.7. The van der Waals surface area contributed by atoms with E-state index in [9.17, 15) is 10.2 Å². The summed E-state index contributed by atoms with van der Waals surface area (Å²) in [5.41, 5.74) is 4.74. The van der Waals surface area contributed by atoms with Crippen molar-refractivity contribution in [2.75, 3.05) is 13.2 Å². The average Bonchev–Trinajstić information content (AvgIpc) is 3.15. The van der Waals surface area contributed by atoms with Crippen molar-refractivity contribution < 1.29 is 14.9 Å². The number of allylic oxidation sites excluding steroid dienone is 1. The van der Waals surface area contributed by atoms with E-state index >= 15 is 0 Å². The molecule has 1 aromatic carbocycles. The number of rotatable bonds is 7. The van der Waals surface area contributed by atoms with E-state index < -0.39 is 0 Å². The molecule has 1 atom stereocenters. The van der Waals surface area contributed by atoms with Crippen molar-refractivity contribution in [1.82, 2.24) is 4.98 Å². The predicted molar refractivity (Wildman–Crippen MR) is 103 cm³/mol. The van der Waals surface area contributed by atoms with Crippen LogP contribution in [0.15, 0.2) is 72.5 Å². The van der Waals surface area contributed by atoms with Gasteiger partial charge in [-0.25, -0.2) is 0 Å². The molecule has 134 valence electrons. The number of phenolic OH excluding ortho intramolecular Hbond substituents is 1. The van der Waals surface area contributed by atoms with Gasteiger partial charge in [0.15, 0.2) is 0 Å². The number of hydrogen-bond donors (Lipinski definition) is 2. The minimum Gasteiger partial charge on any atom is -0.508 e. The van der Waals surface area contributed by atoms with E-state index in [-0.39, 0.29) is 18.5 Å². The number of ether oxygens (including phenoxy) is 1. The third-order valence-corrected chi connectivity index (χ3v) is 4.45. The third-order valence-electron chi connectivity index (χ3n) is 4.45. The molecule has 1 unspecified atom stereocenters. The van der Waals surface area contributed by atoms with Crippen molar-refractivity contribution >= 4 is 11.6 Å². The van der Waals surface area contributed by atoms with Crippen LogP contribution in [0.25, 0.3) is 11.6 Å². The van der Waals surface area contributed by atoms with E-state index in [1.807, 2.05) is 36.4 Å². The van der Waals surface area contributed by atoms with Gasteiger partial charge in [-0.15, -0.1) is 0 Å². The summed E-state index contributed by atoms with van der Waals surface area (Å²) >= 11 is 0. The first kappa shape index (κ1) is 18.1. The summed E-state index contributed by atoms with van der Waals surface area (Å²) in [4.78, 5) is 4.48. The largest absolute Gasteiger partial charge is 0.508 e. The molecule has 0 spiro atoms. The molecule has 2 N–H and O–H groups in total. The molecule has 0 fully saturated rings. The minimum atomic E-state index is -0.0541. The van der Waals surface area contributed by atoms with Crippen LogP contribution in [0.2, 0.25) is 0 Å². The summed E-state index contributed by atoms with van der Waals surface area (Å²) in [5, 5.41) is 18.8. The quantitative estimate of drug-likeness (QED) is 0.794. The Bertz CT molecular complexity index is 807. The second-order valence-electron chi connectivity index (χ2n) is 6.26. The molecular weight excluding hydrogens is 326 g/mol. The Kier molecular flexibility index (Phi) is 6.00. The lowest BCUT2D eigenvalue weighted by Gasteiger charge is -2.17. The average molecular weight is 349 g/mol. The van der Waals surface area contributed by atoms with Crippen molar-refractivity contribution in [3.8, 4) is 5.75 Å². The Hall–Kier alpha value is -2.69. The van der Waals surface area contributed by atoms with Gasteiger partial charge < -0.3 is 14.9 Å². The number of pyridine rings is 1. The van der Waals surface area contributed by atoms with Crippen LogP contribution in [0.3, 0.4) is 0 Å². The Morgan fingerprint density at radius 1 is 1.23 bits per heavy atom. The monoisotopic (exact) mass is 349 g/mol. The lowest BCUT2D eigenvalue weighted by Crippen LogP contribution is -2.13. The molecule has 4 nitrogen and oxygen atoms in total. The second-order valence-corrected chi connectivity index (χ2v) is 6.26. The zero-order valence-electron chi connectivity index (χ0n) is 14.6. The fourth-order valence-electron chi connectivity index (χ4n) is 3.06. The molecule has 2 aromatic rings. The minimum absolute atomic E-state index is 0.0534.